The molecule has 2 fully saturated rings. The van der Waals surface area contributed by atoms with Crippen LogP contribution in [0.25, 0.3) is 0 Å². The van der Waals surface area contributed by atoms with Crippen molar-refractivity contribution in [2.75, 3.05) is 26.2 Å². The molecule has 3 aliphatic rings. The number of aromatic nitrogens is 3. The Morgan fingerprint density at radius 2 is 1.90 bits per heavy atom. The zero-order valence-electron chi connectivity index (χ0n) is 23.4. The van der Waals surface area contributed by atoms with Crippen LogP contribution in [-0.4, -0.2) is 82.0 Å². The SMILES string of the molecule is Cc1ccc(S(=O)(=O)N2CCNC(=O)[C@H]2Cc2cn([C@@H]3CCCc4cc(CN5CCC[C@@H]5CO)ccc43)nn2)cc1. The number of hydrogen-bond donors (Lipinski definition) is 2. The maximum absolute atomic E-state index is 13.5. The molecule has 3 heterocycles. The lowest BCUT2D eigenvalue weighted by molar-refractivity contribution is -0.126. The zero-order chi connectivity index (χ0) is 28.6. The fourth-order valence-electron chi connectivity index (χ4n) is 6.54. The molecule has 0 spiro atoms. The number of hydrogen-bond acceptors (Lipinski definition) is 7. The van der Waals surface area contributed by atoms with Crippen LogP contribution in [0.4, 0.5) is 0 Å². The molecular weight excluding hydrogens is 540 g/mol. The van der Waals surface area contributed by atoms with E-state index in [1.54, 1.807) is 24.3 Å². The van der Waals surface area contributed by atoms with Crippen LogP contribution >= 0.6 is 0 Å². The summed E-state index contributed by atoms with van der Waals surface area (Å²) in [5.74, 6) is -0.321. The van der Waals surface area contributed by atoms with Crippen molar-refractivity contribution < 1.29 is 18.3 Å². The Morgan fingerprint density at radius 1 is 1.07 bits per heavy atom. The quantitative estimate of drug-likeness (QED) is 0.421. The Hall–Kier alpha value is -3.12. The molecule has 0 radical (unpaired) electrons. The fourth-order valence-corrected chi connectivity index (χ4v) is 8.13. The second kappa shape index (κ2) is 11.6. The Morgan fingerprint density at radius 3 is 2.71 bits per heavy atom. The monoisotopic (exact) mass is 578 g/mol. The molecule has 2 saturated heterocycles. The minimum Gasteiger partial charge on any atom is -0.395 e. The van der Waals surface area contributed by atoms with E-state index in [9.17, 15) is 18.3 Å². The van der Waals surface area contributed by atoms with Gasteiger partial charge in [-0.05, 0) is 74.4 Å². The van der Waals surface area contributed by atoms with E-state index in [2.05, 4.69) is 38.7 Å². The van der Waals surface area contributed by atoms with Crippen LogP contribution in [-0.2, 0) is 34.2 Å². The van der Waals surface area contributed by atoms with Gasteiger partial charge in [-0.25, -0.2) is 13.1 Å². The van der Waals surface area contributed by atoms with Gasteiger partial charge in [-0.3, -0.25) is 9.69 Å². The van der Waals surface area contributed by atoms with Gasteiger partial charge in [-0.15, -0.1) is 5.10 Å². The largest absolute Gasteiger partial charge is 0.395 e. The molecule has 2 N–H and O–H groups in total. The first-order valence-corrected chi connectivity index (χ1v) is 16.0. The zero-order valence-corrected chi connectivity index (χ0v) is 24.3. The topological polar surface area (TPSA) is 121 Å². The van der Waals surface area contributed by atoms with Gasteiger partial charge in [0.05, 0.1) is 23.2 Å². The van der Waals surface area contributed by atoms with Crippen molar-refractivity contribution in [1.29, 1.82) is 0 Å². The molecule has 11 heteroatoms. The molecule has 2 aromatic carbocycles. The van der Waals surface area contributed by atoms with E-state index in [4.69, 9.17) is 0 Å². The van der Waals surface area contributed by atoms with E-state index in [1.165, 1.54) is 21.0 Å². The number of benzene rings is 2. The van der Waals surface area contributed by atoms with Gasteiger partial charge in [0, 0.05) is 38.3 Å². The number of sulfonamides is 1. The number of piperazine rings is 1. The molecule has 10 nitrogen and oxygen atoms in total. The number of aliphatic hydroxyl groups is 1. The van der Waals surface area contributed by atoms with Gasteiger partial charge in [0.2, 0.25) is 15.9 Å². The van der Waals surface area contributed by atoms with Crippen molar-refractivity contribution in [3.63, 3.8) is 0 Å². The Kier molecular flexibility index (Phi) is 7.95. The Bertz CT molecular complexity index is 1510. The van der Waals surface area contributed by atoms with Gasteiger partial charge >= 0.3 is 0 Å². The number of carbonyl (C=O) groups excluding carboxylic acids is 1. The van der Waals surface area contributed by atoms with Crippen LogP contribution in [0.2, 0.25) is 0 Å². The van der Waals surface area contributed by atoms with Crippen molar-refractivity contribution in [3.8, 4) is 0 Å². The minimum atomic E-state index is -3.85. The standard InChI is InChI=1S/C30H38N6O4S/c1-21-7-10-26(11-8-21)41(39,40)36-15-13-31-30(38)29(36)17-24-19-35(33-32-24)28-6-2-4-23-16-22(9-12-27(23)28)18-34-14-3-5-25(34)20-37/h7-12,16,19,25,28-29,37H,2-6,13-15,17-18,20H2,1H3,(H,31,38)/t25-,28-,29-/m1/s1. The van der Waals surface area contributed by atoms with Crippen molar-refractivity contribution in [1.82, 2.24) is 29.5 Å². The lowest BCUT2D eigenvalue weighted by atomic mass is 9.86. The summed E-state index contributed by atoms with van der Waals surface area (Å²) < 4.78 is 30.2. The maximum atomic E-state index is 13.5. The lowest BCUT2D eigenvalue weighted by Crippen LogP contribution is -2.57. The molecule has 1 aliphatic carbocycles. The Balaban J connectivity index is 1.20. The molecular formula is C30H38N6O4S. The predicted molar refractivity (Wildman–Crippen MR) is 154 cm³/mol. The normalized spacial score (nSPS) is 23.9. The van der Waals surface area contributed by atoms with Gasteiger partial charge in [-0.1, -0.05) is 41.1 Å². The van der Waals surface area contributed by atoms with Crippen LogP contribution in [0, 0.1) is 6.92 Å². The van der Waals surface area contributed by atoms with Crippen LogP contribution < -0.4 is 5.32 Å². The van der Waals surface area contributed by atoms with E-state index >= 15 is 0 Å². The molecule has 1 aromatic heterocycles. The average Bonchev–Trinajstić information content (AvgIpc) is 3.63. The van der Waals surface area contributed by atoms with Crippen LogP contribution in [0.3, 0.4) is 0 Å². The number of nitrogens with one attached hydrogen (secondary N) is 1. The summed E-state index contributed by atoms with van der Waals surface area (Å²) in [7, 11) is -3.85. The van der Waals surface area contributed by atoms with E-state index in [-0.39, 0.29) is 49.0 Å². The van der Waals surface area contributed by atoms with Gasteiger partial charge in [0.1, 0.15) is 6.04 Å². The molecule has 1 amide bonds. The molecule has 2 aliphatic heterocycles. The highest BCUT2D eigenvalue weighted by Crippen LogP contribution is 2.34. The van der Waals surface area contributed by atoms with Crippen molar-refractivity contribution >= 4 is 15.9 Å². The molecule has 6 rings (SSSR count). The van der Waals surface area contributed by atoms with Crippen molar-refractivity contribution in [3.05, 3.63) is 76.6 Å². The average molecular weight is 579 g/mol. The fraction of sp³-hybridized carbons (Fsp3) is 0.500. The van der Waals surface area contributed by atoms with Gasteiger partial charge in [0.15, 0.2) is 0 Å². The van der Waals surface area contributed by atoms with Crippen LogP contribution in [0.1, 0.15) is 59.7 Å². The molecule has 41 heavy (non-hydrogen) atoms. The minimum absolute atomic E-state index is 0.0404. The van der Waals surface area contributed by atoms with Gasteiger partial charge in [0.25, 0.3) is 0 Å². The number of rotatable bonds is 8. The molecule has 0 saturated carbocycles. The number of aliphatic hydroxyl groups excluding tert-OH is 1. The van der Waals surface area contributed by atoms with Crippen molar-refractivity contribution in [2.45, 2.75) is 75.0 Å². The summed E-state index contributed by atoms with van der Waals surface area (Å²) >= 11 is 0. The highest BCUT2D eigenvalue weighted by molar-refractivity contribution is 7.89. The van der Waals surface area contributed by atoms with E-state index in [0.29, 0.717) is 5.69 Å². The third-order valence-corrected chi connectivity index (χ3v) is 10.7. The highest BCUT2D eigenvalue weighted by atomic mass is 32.2. The molecule has 218 valence electrons. The third kappa shape index (κ3) is 5.68. The summed E-state index contributed by atoms with van der Waals surface area (Å²) in [6, 6.07) is 12.8. The predicted octanol–water partition coefficient (Wildman–Crippen LogP) is 2.20. The summed E-state index contributed by atoms with van der Waals surface area (Å²) in [5.41, 5.74) is 5.37. The summed E-state index contributed by atoms with van der Waals surface area (Å²) in [6.45, 7) is 4.46. The van der Waals surface area contributed by atoms with Crippen LogP contribution in [0.5, 0.6) is 0 Å². The van der Waals surface area contributed by atoms with E-state index in [0.717, 1.165) is 50.8 Å². The van der Waals surface area contributed by atoms with E-state index < -0.39 is 16.1 Å². The number of likely N-dealkylation sites (tertiary alicyclic amines) is 1. The summed E-state index contributed by atoms with van der Waals surface area (Å²) in [6.07, 6.45) is 7.18. The lowest BCUT2D eigenvalue weighted by Gasteiger charge is -2.33. The number of fused-ring (bicyclic) bond motifs is 1. The Labute approximate surface area is 241 Å². The van der Waals surface area contributed by atoms with Gasteiger partial charge < -0.3 is 10.4 Å². The molecule has 3 aromatic rings. The number of amides is 1. The van der Waals surface area contributed by atoms with E-state index in [1.807, 2.05) is 17.8 Å². The van der Waals surface area contributed by atoms with Crippen molar-refractivity contribution in [2.24, 2.45) is 0 Å². The molecule has 3 atom stereocenters. The smallest absolute Gasteiger partial charge is 0.243 e. The van der Waals surface area contributed by atoms with Crippen LogP contribution in [0.15, 0.2) is 53.6 Å². The second-order valence-corrected chi connectivity index (χ2v) is 13.4. The maximum Gasteiger partial charge on any atom is 0.243 e. The first kappa shape index (κ1) is 28.0. The first-order chi connectivity index (χ1) is 19.8. The summed E-state index contributed by atoms with van der Waals surface area (Å²) in [4.78, 5) is 15.5. The molecule has 0 bridgehead atoms. The number of carbonyl (C=O) groups is 1. The highest BCUT2D eigenvalue weighted by Gasteiger charge is 2.39. The van der Waals surface area contributed by atoms with Gasteiger partial charge in [-0.2, -0.15) is 4.31 Å². The number of nitrogens with zero attached hydrogens (tertiary/aromatic N) is 5. The summed E-state index contributed by atoms with van der Waals surface area (Å²) in [5, 5.41) is 21.3. The number of aryl methyl sites for hydroxylation is 2. The first-order valence-electron chi connectivity index (χ1n) is 14.6. The molecule has 0 unspecified atom stereocenters. The second-order valence-electron chi connectivity index (χ2n) is 11.5. The third-order valence-electron chi connectivity index (χ3n) is 8.77.